The molecule has 3 N–H and O–H groups in total. The van der Waals surface area contributed by atoms with Crippen LogP contribution in [0.2, 0.25) is 0 Å². The van der Waals surface area contributed by atoms with Crippen molar-refractivity contribution in [3.05, 3.63) is 29.8 Å². The molecule has 4 nitrogen and oxygen atoms in total. The summed E-state index contributed by atoms with van der Waals surface area (Å²) in [5.41, 5.74) is 7.71. The van der Waals surface area contributed by atoms with Crippen LogP contribution in [-0.4, -0.2) is 29.4 Å². The third-order valence-electron chi connectivity index (χ3n) is 3.54. The minimum atomic E-state index is 0.0913. The van der Waals surface area contributed by atoms with Crippen molar-refractivity contribution in [2.75, 3.05) is 12.3 Å². The summed E-state index contributed by atoms with van der Waals surface area (Å²) >= 11 is 0. The summed E-state index contributed by atoms with van der Waals surface area (Å²) in [5, 5.41) is 3.06. The lowest BCUT2D eigenvalue weighted by Gasteiger charge is -2.26. The maximum atomic E-state index is 12.1. The fraction of sp³-hybridized carbons (Fsp3) is 0.588. The van der Waals surface area contributed by atoms with Gasteiger partial charge in [-0.25, -0.2) is 0 Å². The fourth-order valence-corrected chi connectivity index (χ4v) is 2.36. The highest BCUT2D eigenvalue weighted by atomic mass is 16.2. The van der Waals surface area contributed by atoms with E-state index in [1.54, 1.807) is 0 Å². The summed E-state index contributed by atoms with van der Waals surface area (Å²) < 4.78 is 0. The summed E-state index contributed by atoms with van der Waals surface area (Å²) in [7, 11) is 0. The number of rotatable bonds is 8. The largest absolute Gasteiger partial charge is 0.399 e. The molecule has 1 rings (SSSR count). The van der Waals surface area contributed by atoms with E-state index in [1.807, 2.05) is 24.3 Å². The molecule has 1 aromatic rings. The van der Waals surface area contributed by atoms with Gasteiger partial charge in [-0.3, -0.25) is 9.69 Å². The van der Waals surface area contributed by atoms with E-state index < -0.39 is 0 Å². The zero-order valence-corrected chi connectivity index (χ0v) is 13.7. The van der Waals surface area contributed by atoms with Gasteiger partial charge in [-0.15, -0.1) is 0 Å². The van der Waals surface area contributed by atoms with E-state index in [4.69, 9.17) is 5.73 Å². The molecule has 1 atom stereocenters. The number of carbonyl (C=O) groups is 1. The van der Waals surface area contributed by atoms with Crippen molar-refractivity contribution in [2.24, 2.45) is 0 Å². The van der Waals surface area contributed by atoms with Crippen molar-refractivity contribution in [3.8, 4) is 0 Å². The van der Waals surface area contributed by atoms with E-state index >= 15 is 0 Å². The molecule has 4 heteroatoms. The number of hydrogen-bond acceptors (Lipinski definition) is 3. The number of nitrogens with zero attached hydrogens (tertiary/aromatic N) is 1. The normalized spacial score (nSPS) is 12.7. The standard InChI is InChI=1S/C17H29N3O/c1-5-7-14(4)19-17(21)12-20(13(2)3)11-15-8-6-9-16(18)10-15/h6,8-10,13-14H,5,7,11-12,18H2,1-4H3,(H,19,21). The number of carbonyl (C=O) groups excluding carboxylic acids is 1. The number of nitrogens with one attached hydrogen (secondary N) is 1. The van der Waals surface area contributed by atoms with Gasteiger partial charge in [0.2, 0.25) is 5.91 Å². The molecule has 0 fully saturated rings. The topological polar surface area (TPSA) is 58.4 Å². The fourth-order valence-electron chi connectivity index (χ4n) is 2.36. The van der Waals surface area contributed by atoms with Crippen molar-refractivity contribution in [1.29, 1.82) is 0 Å². The third-order valence-corrected chi connectivity index (χ3v) is 3.54. The zero-order chi connectivity index (χ0) is 15.8. The minimum Gasteiger partial charge on any atom is -0.399 e. The molecule has 1 aromatic carbocycles. The van der Waals surface area contributed by atoms with Gasteiger partial charge in [-0.05, 0) is 44.9 Å². The number of hydrogen-bond donors (Lipinski definition) is 2. The van der Waals surface area contributed by atoms with Crippen LogP contribution >= 0.6 is 0 Å². The Morgan fingerprint density at radius 1 is 1.33 bits per heavy atom. The first-order valence-corrected chi connectivity index (χ1v) is 7.80. The number of amides is 1. The first-order chi connectivity index (χ1) is 9.92. The molecule has 0 radical (unpaired) electrons. The molecule has 0 bridgehead atoms. The predicted octanol–water partition coefficient (Wildman–Crippen LogP) is 2.78. The molecule has 0 aliphatic carbocycles. The van der Waals surface area contributed by atoms with Crippen LogP contribution in [0.25, 0.3) is 0 Å². The van der Waals surface area contributed by atoms with E-state index in [0.717, 1.165) is 30.6 Å². The molecule has 1 unspecified atom stereocenters. The Hall–Kier alpha value is -1.55. The second-order valence-corrected chi connectivity index (χ2v) is 6.00. The Kier molecular flexibility index (Phi) is 7.23. The van der Waals surface area contributed by atoms with Gasteiger partial charge in [0.25, 0.3) is 0 Å². The SMILES string of the molecule is CCCC(C)NC(=O)CN(Cc1cccc(N)c1)C(C)C. The van der Waals surface area contributed by atoms with Gasteiger partial charge in [-0.2, -0.15) is 0 Å². The molecule has 118 valence electrons. The third kappa shape index (κ3) is 6.63. The molecule has 0 heterocycles. The highest BCUT2D eigenvalue weighted by Gasteiger charge is 2.15. The minimum absolute atomic E-state index is 0.0913. The molecule has 0 saturated carbocycles. The molecule has 0 aliphatic heterocycles. The highest BCUT2D eigenvalue weighted by Crippen LogP contribution is 2.11. The number of anilines is 1. The van der Waals surface area contributed by atoms with Gasteiger partial charge in [-0.1, -0.05) is 25.5 Å². The lowest BCUT2D eigenvalue weighted by atomic mass is 10.1. The van der Waals surface area contributed by atoms with Gasteiger partial charge >= 0.3 is 0 Å². The van der Waals surface area contributed by atoms with Gasteiger partial charge in [0.15, 0.2) is 0 Å². The van der Waals surface area contributed by atoms with Gasteiger partial charge < -0.3 is 11.1 Å². The van der Waals surface area contributed by atoms with Crippen LogP contribution in [0.3, 0.4) is 0 Å². The van der Waals surface area contributed by atoms with Gasteiger partial charge in [0, 0.05) is 24.3 Å². The van der Waals surface area contributed by atoms with Gasteiger partial charge in [0.1, 0.15) is 0 Å². The first kappa shape index (κ1) is 17.5. The second-order valence-electron chi connectivity index (χ2n) is 6.00. The number of nitrogens with two attached hydrogens (primary N) is 1. The number of benzene rings is 1. The summed E-state index contributed by atoms with van der Waals surface area (Å²) in [6.07, 6.45) is 2.10. The molecule has 21 heavy (non-hydrogen) atoms. The van der Waals surface area contributed by atoms with Crippen molar-refractivity contribution >= 4 is 11.6 Å². The molecule has 0 saturated heterocycles. The van der Waals surface area contributed by atoms with Crippen molar-refractivity contribution in [3.63, 3.8) is 0 Å². The predicted molar refractivity (Wildman–Crippen MR) is 88.9 cm³/mol. The maximum Gasteiger partial charge on any atom is 0.234 e. The zero-order valence-electron chi connectivity index (χ0n) is 13.7. The van der Waals surface area contributed by atoms with Gasteiger partial charge in [0.05, 0.1) is 6.54 Å². The van der Waals surface area contributed by atoms with E-state index in [-0.39, 0.29) is 11.9 Å². The van der Waals surface area contributed by atoms with Crippen LogP contribution in [0.4, 0.5) is 5.69 Å². The molecular formula is C17H29N3O. The van der Waals surface area contributed by atoms with E-state index in [2.05, 4.69) is 37.9 Å². The first-order valence-electron chi connectivity index (χ1n) is 7.80. The number of nitrogen functional groups attached to an aromatic ring is 1. The van der Waals surface area contributed by atoms with Crippen LogP contribution in [-0.2, 0) is 11.3 Å². The smallest absolute Gasteiger partial charge is 0.234 e. The van der Waals surface area contributed by atoms with Crippen molar-refractivity contribution in [1.82, 2.24) is 10.2 Å². The monoisotopic (exact) mass is 291 g/mol. The van der Waals surface area contributed by atoms with Crippen LogP contribution in [0.1, 0.15) is 46.1 Å². The Bertz CT molecular complexity index is 445. The second kappa shape index (κ2) is 8.67. The Morgan fingerprint density at radius 3 is 2.62 bits per heavy atom. The van der Waals surface area contributed by atoms with Crippen molar-refractivity contribution < 1.29 is 4.79 Å². The van der Waals surface area contributed by atoms with Crippen LogP contribution in [0, 0.1) is 0 Å². The average Bonchev–Trinajstić information content (AvgIpc) is 2.37. The van der Waals surface area contributed by atoms with Crippen LogP contribution in [0.5, 0.6) is 0 Å². The van der Waals surface area contributed by atoms with Crippen LogP contribution in [0.15, 0.2) is 24.3 Å². The summed E-state index contributed by atoms with van der Waals surface area (Å²) in [6.45, 7) is 9.55. The average molecular weight is 291 g/mol. The summed E-state index contributed by atoms with van der Waals surface area (Å²) in [6, 6.07) is 8.38. The quantitative estimate of drug-likeness (QED) is 0.724. The van der Waals surface area contributed by atoms with Crippen molar-refractivity contribution in [2.45, 2.75) is 59.2 Å². The molecule has 0 spiro atoms. The lowest BCUT2D eigenvalue weighted by molar-refractivity contribution is -0.123. The Balaban J connectivity index is 2.59. The maximum absolute atomic E-state index is 12.1. The molecule has 1 amide bonds. The molecule has 0 aliphatic rings. The lowest BCUT2D eigenvalue weighted by Crippen LogP contribution is -2.43. The molecule has 0 aromatic heterocycles. The Morgan fingerprint density at radius 2 is 2.05 bits per heavy atom. The van der Waals surface area contributed by atoms with E-state index in [0.29, 0.717) is 12.6 Å². The van der Waals surface area contributed by atoms with E-state index in [1.165, 1.54) is 0 Å². The molecular weight excluding hydrogens is 262 g/mol. The van der Waals surface area contributed by atoms with E-state index in [9.17, 15) is 4.79 Å². The highest BCUT2D eigenvalue weighted by molar-refractivity contribution is 5.78. The summed E-state index contributed by atoms with van der Waals surface area (Å²) in [5.74, 6) is 0.0913. The van der Waals surface area contributed by atoms with Crippen LogP contribution < -0.4 is 11.1 Å². The Labute approximate surface area is 128 Å². The summed E-state index contributed by atoms with van der Waals surface area (Å²) in [4.78, 5) is 14.3.